The van der Waals surface area contributed by atoms with Gasteiger partial charge in [0.25, 0.3) is 5.91 Å². The molecule has 1 amide bonds. The van der Waals surface area contributed by atoms with E-state index in [4.69, 9.17) is 27.6 Å². The first-order valence-corrected chi connectivity index (χ1v) is 9.76. The fourth-order valence-electron chi connectivity index (χ4n) is 2.59. The van der Waals surface area contributed by atoms with Crippen molar-refractivity contribution in [3.63, 3.8) is 0 Å². The van der Waals surface area contributed by atoms with Gasteiger partial charge in [0.2, 0.25) is 5.89 Å². The van der Waals surface area contributed by atoms with E-state index in [1.165, 1.54) is 0 Å². The number of anilines is 1. The molecular weight excluding hydrogens is 498 g/mol. The molecule has 27 heavy (non-hydrogen) atoms. The number of hydrogen-bond donors (Lipinski definition) is 1. The van der Waals surface area contributed by atoms with Crippen LogP contribution in [0.2, 0.25) is 10.0 Å². The van der Waals surface area contributed by atoms with Gasteiger partial charge < -0.3 is 9.73 Å². The first-order chi connectivity index (χ1) is 13.0. The summed E-state index contributed by atoms with van der Waals surface area (Å²) in [5.74, 6) is 0.255. The lowest BCUT2D eigenvalue weighted by Crippen LogP contribution is -2.11. The molecule has 0 aliphatic carbocycles. The van der Waals surface area contributed by atoms with Crippen LogP contribution in [0.5, 0.6) is 0 Å². The van der Waals surface area contributed by atoms with Crippen LogP contribution in [-0.2, 0) is 0 Å². The van der Waals surface area contributed by atoms with Crippen LogP contribution in [0, 0.1) is 3.57 Å². The van der Waals surface area contributed by atoms with E-state index < -0.39 is 0 Å². The van der Waals surface area contributed by atoms with Gasteiger partial charge in [0.15, 0.2) is 5.58 Å². The number of rotatable bonds is 3. The van der Waals surface area contributed by atoms with Crippen molar-refractivity contribution in [3.8, 4) is 11.5 Å². The standard InChI is InChI=1S/C20H11Cl2IN2O2/c21-15-6-4-12(9-16(15)22)20-25-17-10-14(5-7-18(17)27-20)24-19(26)11-2-1-3-13(23)8-11/h1-10H,(H,24,26). The van der Waals surface area contributed by atoms with Crippen molar-refractivity contribution in [1.82, 2.24) is 4.98 Å². The molecule has 3 aromatic carbocycles. The molecule has 134 valence electrons. The van der Waals surface area contributed by atoms with Crippen molar-refractivity contribution < 1.29 is 9.21 Å². The summed E-state index contributed by atoms with van der Waals surface area (Å²) in [6.45, 7) is 0. The molecule has 4 rings (SSSR count). The maximum atomic E-state index is 12.4. The van der Waals surface area contributed by atoms with Crippen LogP contribution in [0.1, 0.15) is 10.4 Å². The predicted octanol–water partition coefficient (Wildman–Crippen LogP) is 6.66. The summed E-state index contributed by atoms with van der Waals surface area (Å²) in [6, 6.07) is 17.9. The van der Waals surface area contributed by atoms with Gasteiger partial charge in [-0.15, -0.1) is 0 Å². The molecule has 0 radical (unpaired) electrons. The van der Waals surface area contributed by atoms with Crippen molar-refractivity contribution in [1.29, 1.82) is 0 Å². The average molecular weight is 509 g/mol. The van der Waals surface area contributed by atoms with Gasteiger partial charge in [-0.1, -0.05) is 29.3 Å². The van der Waals surface area contributed by atoms with Crippen molar-refractivity contribution >= 4 is 68.5 Å². The highest BCUT2D eigenvalue weighted by Gasteiger charge is 2.12. The summed E-state index contributed by atoms with van der Waals surface area (Å²) in [6.07, 6.45) is 0. The molecule has 1 heterocycles. The Labute approximate surface area is 178 Å². The van der Waals surface area contributed by atoms with Gasteiger partial charge >= 0.3 is 0 Å². The van der Waals surface area contributed by atoms with E-state index in [0.717, 1.165) is 9.13 Å². The highest BCUT2D eigenvalue weighted by Crippen LogP contribution is 2.30. The third-order valence-corrected chi connectivity index (χ3v) is 5.31. The second-order valence-electron chi connectivity index (χ2n) is 5.79. The maximum absolute atomic E-state index is 12.4. The zero-order valence-corrected chi connectivity index (χ0v) is 17.3. The van der Waals surface area contributed by atoms with E-state index in [1.54, 1.807) is 42.5 Å². The summed E-state index contributed by atoms with van der Waals surface area (Å²) in [4.78, 5) is 16.9. The fourth-order valence-corrected chi connectivity index (χ4v) is 3.43. The molecule has 0 aliphatic rings. The van der Waals surface area contributed by atoms with Crippen molar-refractivity contribution in [2.24, 2.45) is 0 Å². The molecule has 1 aromatic heterocycles. The third kappa shape index (κ3) is 3.95. The molecule has 0 saturated heterocycles. The van der Waals surface area contributed by atoms with Gasteiger partial charge in [-0.25, -0.2) is 4.98 Å². The predicted molar refractivity (Wildman–Crippen MR) is 117 cm³/mol. The minimum Gasteiger partial charge on any atom is -0.436 e. The molecule has 4 nitrogen and oxygen atoms in total. The number of nitrogens with zero attached hydrogens (tertiary/aromatic N) is 1. The van der Waals surface area contributed by atoms with Gasteiger partial charge in [0, 0.05) is 20.4 Å². The van der Waals surface area contributed by atoms with Gasteiger partial charge in [-0.3, -0.25) is 4.79 Å². The van der Waals surface area contributed by atoms with Crippen molar-refractivity contribution in [3.05, 3.63) is 79.8 Å². The number of amides is 1. The first-order valence-electron chi connectivity index (χ1n) is 7.92. The van der Waals surface area contributed by atoms with Gasteiger partial charge in [0.05, 0.1) is 10.0 Å². The Morgan fingerprint density at radius 1 is 1.00 bits per heavy atom. The SMILES string of the molecule is O=C(Nc1ccc2oc(-c3ccc(Cl)c(Cl)c3)nc2c1)c1cccc(I)c1. The van der Waals surface area contributed by atoms with E-state index in [1.807, 2.05) is 18.2 Å². The Hall–Kier alpha value is -2.09. The van der Waals surface area contributed by atoms with Gasteiger partial charge in [0.1, 0.15) is 5.52 Å². The smallest absolute Gasteiger partial charge is 0.255 e. The second-order valence-corrected chi connectivity index (χ2v) is 7.85. The highest BCUT2D eigenvalue weighted by molar-refractivity contribution is 14.1. The number of carbonyl (C=O) groups is 1. The van der Waals surface area contributed by atoms with Crippen LogP contribution < -0.4 is 5.32 Å². The zero-order chi connectivity index (χ0) is 19.0. The third-order valence-electron chi connectivity index (χ3n) is 3.90. The molecule has 0 aliphatic heterocycles. The number of hydrogen-bond acceptors (Lipinski definition) is 3. The molecule has 0 unspecified atom stereocenters. The van der Waals surface area contributed by atoms with Crippen LogP contribution in [0.25, 0.3) is 22.6 Å². The molecule has 0 saturated carbocycles. The number of nitrogens with one attached hydrogen (secondary N) is 1. The number of carbonyl (C=O) groups excluding carboxylic acids is 1. The topological polar surface area (TPSA) is 55.1 Å². The van der Waals surface area contributed by atoms with Crippen LogP contribution in [0.3, 0.4) is 0 Å². The molecule has 1 N–H and O–H groups in total. The minimum atomic E-state index is -0.180. The van der Waals surface area contributed by atoms with Crippen LogP contribution in [0.4, 0.5) is 5.69 Å². The Morgan fingerprint density at radius 3 is 2.63 bits per heavy atom. The zero-order valence-electron chi connectivity index (χ0n) is 13.7. The van der Waals surface area contributed by atoms with Crippen molar-refractivity contribution in [2.45, 2.75) is 0 Å². The number of oxazole rings is 1. The molecular formula is C20H11Cl2IN2O2. The Balaban J connectivity index is 1.62. The van der Waals surface area contributed by atoms with E-state index >= 15 is 0 Å². The second kappa shape index (κ2) is 7.50. The lowest BCUT2D eigenvalue weighted by atomic mass is 10.2. The monoisotopic (exact) mass is 508 g/mol. The normalized spacial score (nSPS) is 10.9. The summed E-state index contributed by atoms with van der Waals surface area (Å²) in [7, 11) is 0. The van der Waals surface area contributed by atoms with E-state index in [-0.39, 0.29) is 5.91 Å². The highest BCUT2D eigenvalue weighted by atomic mass is 127. The lowest BCUT2D eigenvalue weighted by Gasteiger charge is -2.05. The van der Waals surface area contributed by atoms with Crippen molar-refractivity contribution in [2.75, 3.05) is 5.32 Å². The maximum Gasteiger partial charge on any atom is 0.255 e. The summed E-state index contributed by atoms with van der Waals surface area (Å²) < 4.78 is 6.78. The number of halogens is 3. The fraction of sp³-hybridized carbons (Fsp3) is 0. The number of aromatic nitrogens is 1. The molecule has 4 aromatic rings. The van der Waals surface area contributed by atoms with Gasteiger partial charge in [-0.2, -0.15) is 0 Å². The molecule has 0 spiro atoms. The van der Waals surface area contributed by atoms with E-state index in [9.17, 15) is 4.79 Å². The Kier molecular flexibility index (Phi) is 5.08. The summed E-state index contributed by atoms with van der Waals surface area (Å²) in [5.41, 5.74) is 3.21. The van der Waals surface area contributed by atoms with E-state index in [0.29, 0.717) is 38.3 Å². The lowest BCUT2D eigenvalue weighted by molar-refractivity contribution is 0.102. The molecule has 0 bridgehead atoms. The van der Waals surface area contributed by atoms with Gasteiger partial charge in [-0.05, 0) is 77.2 Å². The van der Waals surface area contributed by atoms with Crippen LogP contribution >= 0.6 is 45.8 Å². The molecule has 7 heteroatoms. The first kappa shape index (κ1) is 18.3. The molecule has 0 fully saturated rings. The summed E-state index contributed by atoms with van der Waals surface area (Å²) >= 11 is 14.2. The van der Waals surface area contributed by atoms with Crippen LogP contribution in [0.15, 0.2) is 65.1 Å². The molecule has 0 atom stereocenters. The quantitative estimate of drug-likeness (QED) is 0.315. The number of benzene rings is 3. The Morgan fingerprint density at radius 2 is 1.85 bits per heavy atom. The van der Waals surface area contributed by atoms with Crippen LogP contribution in [-0.4, -0.2) is 10.9 Å². The largest absolute Gasteiger partial charge is 0.436 e. The number of fused-ring (bicyclic) bond motifs is 1. The average Bonchev–Trinajstić information content (AvgIpc) is 3.07. The summed E-state index contributed by atoms with van der Waals surface area (Å²) in [5, 5.41) is 3.78. The minimum absolute atomic E-state index is 0.180. The Bertz CT molecular complexity index is 1170. The van der Waals surface area contributed by atoms with E-state index in [2.05, 4.69) is 32.9 Å².